The number of aryl methyl sites for hydroxylation is 1. The Kier molecular flexibility index (Phi) is 4.18. The number of ether oxygens (including phenoxy) is 1. The van der Waals surface area contributed by atoms with Gasteiger partial charge in [0.1, 0.15) is 6.10 Å². The van der Waals surface area contributed by atoms with Crippen LogP contribution in [0.5, 0.6) is 0 Å². The van der Waals surface area contributed by atoms with Crippen LogP contribution in [-0.4, -0.2) is 32.0 Å². The van der Waals surface area contributed by atoms with Crippen molar-refractivity contribution in [2.75, 3.05) is 0 Å². The molecule has 0 bridgehead atoms. The Morgan fingerprint density at radius 3 is 2.87 bits per heavy atom. The van der Waals surface area contributed by atoms with Gasteiger partial charge >= 0.3 is 5.97 Å². The molecule has 0 saturated heterocycles. The summed E-state index contributed by atoms with van der Waals surface area (Å²) >= 11 is 0. The fourth-order valence-electron chi connectivity index (χ4n) is 2.21. The molecule has 0 unspecified atom stereocenters. The van der Waals surface area contributed by atoms with Crippen LogP contribution in [0.2, 0.25) is 0 Å². The van der Waals surface area contributed by atoms with E-state index in [1.54, 1.807) is 42.1 Å². The lowest BCUT2D eigenvalue weighted by molar-refractivity contribution is 0.0299. The summed E-state index contributed by atoms with van der Waals surface area (Å²) in [6.07, 6.45) is 3.18. The molecule has 0 radical (unpaired) electrons. The maximum absolute atomic E-state index is 12.4. The lowest BCUT2D eigenvalue weighted by atomic mass is 10.1. The zero-order valence-corrected chi connectivity index (χ0v) is 12.8. The SMILES string of the molecule is Cc1noc(-c2ccccc2C(=O)O[C@H](C)Cn2cccn2)n1. The summed E-state index contributed by atoms with van der Waals surface area (Å²) in [5.41, 5.74) is 0.952. The summed E-state index contributed by atoms with van der Waals surface area (Å²) in [5, 5.41) is 7.85. The Morgan fingerprint density at radius 2 is 2.17 bits per heavy atom. The first-order valence-electron chi connectivity index (χ1n) is 7.21. The predicted molar refractivity (Wildman–Crippen MR) is 81.6 cm³/mol. The van der Waals surface area contributed by atoms with E-state index in [2.05, 4.69) is 15.2 Å². The minimum absolute atomic E-state index is 0.301. The van der Waals surface area contributed by atoms with Gasteiger partial charge in [-0.3, -0.25) is 4.68 Å². The summed E-state index contributed by atoms with van der Waals surface area (Å²) in [7, 11) is 0. The molecule has 2 aromatic heterocycles. The van der Waals surface area contributed by atoms with Gasteiger partial charge in [-0.05, 0) is 32.0 Å². The van der Waals surface area contributed by atoms with Crippen molar-refractivity contribution in [1.82, 2.24) is 19.9 Å². The quantitative estimate of drug-likeness (QED) is 0.673. The Labute approximate surface area is 132 Å². The third kappa shape index (κ3) is 3.45. The number of benzene rings is 1. The van der Waals surface area contributed by atoms with Crippen molar-refractivity contribution < 1.29 is 14.1 Å². The molecule has 0 spiro atoms. The Hall–Kier alpha value is -2.96. The van der Waals surface area contributed by atoms with Crippen molar-refractivity contribution in [3.8, 4) is 11.5 Å². The molecule has 23 heavy (non-hydrogen) atoms. The summed E-state index contributed by atoms with van der Waals surface area (Å²) in [6, 6.07) is 8.82. The number of aromatic nitrogens is 4. The molecule has 0 amide bonds. The lowest BCUT2D eigenvalue weighted by Gasteiger charge is -2.14. The van der Waals surface area contributed by atoms with Gasteiger partial charge in [0.25, 0.3) is 5.89 Å². The third-order valence-electron chi connectivity index (χ3n) is 3.22. The second-order valence-electron chi connectivity index (χ2n) is 5.14. The first-order valence-corrected chi connectivity index (χ1v) is 7.21. The first kappa shape index (κ1) is 15.0. The van der Waals surface area contributed by atoms with Crippen molar-refractivity contribution in [2.24, 2.45) is 0 Å². The average Bonchev–Trinajstić information content (AvgIpc) is 3.18. The summed E-state index contributed by atoms with van der Waals surface area (Å²) in [4.78, 5) is 16.6. The fraction of sp³-hybridized carbons (Fsp3) is 0.250. The maximum Gasteiger partial charge on any atom is 0.339 e. The summed E-state index contributed by atoms with van der Waals surface area (Å²) < 4.78 is 12.4. The summed E-state index contributed by atoms with van der Waals surface area (Å²) in [5.74, 6) is 0.376. The highest BCUT2D eigenvalue weighted by atomic mass is 16.5. The van der Waals surface area contributed by atoms with Crippen molar-refractivity contribution in [2.45, 2.75) is 26.5 Å². The second kappa shape index (κ2) is 6.43. The van der Waals surface area contributed by atoms with Crippen LogP contribution in [0.1, 0.15) is 23.1 Å². The van der Waals surface area contributed by atoms with Crippen molar-refractivity contribution in [3.05, 3.63) is 54.1 Å². The van der Waals surface area contributed by atoms with E-state index in [4.69, 9.17) is 9.26 Å². The van der Waals surface area contributed by atoms with Crippen molar-refractivity contribution >= 4 is 5.97 Å². The normalized spacial score (nSPS) is 12.1. The van der Waals surface area contributed by atoms with E-state index in [-0.39, 0.29) is 6.10 Å². The molecular formula is C16H16N4O3. The molecule has 7 nitrogen and oxygen atoms in total. The molecule has 0 N–H and O–H groups in total. The fourth-order valence-corrected chi connectivity index (χ4v) is 2.21. The monoisotopic (exact) mass is 312 g/mol. The van der Waals surface area contributed by atoms with Gasteiger partial charge in [0.2, 0.25) is 0 Å². The average molecular weight is 312 g/mol. The van der Waals surface area contributed by atoms with Gasteiger partial charge in [-0.15, -0.1) is 0 Å². The number of nitrogens with zero attached hydrogens (tertiary/aromatic N) is 4. The van der Waals surface area contributed by atoms with Crippen LogP contribution >= 0.6 is 0 Å². The van der Waals surface area contributed by atoms with E-state index in [9.17, 15) is 4.79 Å². The van der Waals surface area contributed by atoms with Crippen LogP contribution in [0.15, 0.2) is 47.2 Å². The van der Waals surface area contributed by atoms with E-state index in [0.29, 0.717) is 29.4 Å². The minimum atomic E-state index is -0.434. The number of carbonyl (C=O) groups is 1. The van der Waals surface area contributed by atoms with E-state index >= 15 is 0 Å². The van der Waals surface area contributed by atoms with Crippen LogP contribution in [0, 0.1) is 6.92 Å². The van der Waals surface area contributed by atoms with E-state index < -0.39 is 5.97 Å². The zero-order valence-electron chi connectivity index (χ0n) is 12.8. The highest BCUT2D eigenvalue weighted by Gasteiger charge is 2.19. The smallest absolute Gasteiger partial charge is 0.339 e. The lowest BCUT2D eigenvalue weighted by Crippen LogP contribution is -2.21. The van der Waals surface area contributed by atoms with Crippen LogP contribution in [-0.2, 0) is 11.3 Å². The molecule has 118 valence electrons. The number of hydrogen-bond donors (Lipinski definition) is 0. The largest absolute Gasteiger partial charge is 0.457 e. The van der Waals surface area contributed by atoms with E-state index in [1.165, 1.54) is 0 Å². The topological polar surface area (TPSA) is 83.0 Å². The number of rotatable bonds is 5. The number of hydrogen-bond acceptors (Lipinski definition) is 6. The standard InChI is InChI=1S/C16H16N4O3/c1-11(10-20-9-5-8-17-20)22-16(21)14-7-4-3-6-13(14)15-18-12(2)19-23-15/h3-9,11H,10H2,1-2H3/t11-/m1/s1. The van der Waals surface area contributed by atoms with Crippen LogP contribution in [0.25, 0.3) is 11.5 Å². The number of esters is 1. The molecule has 0 aliphatic rings. The van der Waals surface area contributed by atoms with Gasteiger partial charge < -0.3 is 9.26 Å². The molecule has 3 aromatic rings. The third-order valence-corrected chi connectivity index (χ3v) is 3.22. The number of carbonyl (C=O) groups excluding carboxylic acids is 1. The van der Waals surface area contributed by atoms with Gasteiger partial charge in [-0.2, -0.15) is 10.1 Å². The highest BCUT2D eigenvalue weighted by molar-refractivity contribution is 5.96. The van der Waals surface area contributed by atoms with Crippen molar-refractivity contribution in [3.63, 3.8) is 0 Å². The molecule has 1 aromatic carbocycles. The second-order valence-corrected chi connectivity index (χ2v) is 5.14. The Morgan fingerprint density at radius 1 is 1.35 bits per heavy atom. The van der Waals surface area contributed by atoms with Crippen LogP contribution in [0.4, 0.5) is 0 Å². The highest BCUT2D eigenvalue weighted by Crippen LogP contribution is 2.23. The maximum atomic E-state index is 12.4. The molecule has 1 atom stereocenters. The molecule has 2 heterocycles. The van der Waals surface area contributed by atoms with Crippen molar-refractivity contribution in [1.29, 1.82) is 0 Å². The van der Waals surface area contributed by atoms with Gasteiger partial charge in [-0.25, -0.2) is 4.79 Å². The van der Waals surface area contributed by atoms with Gasteiger partial charge in [0.05, 0.1) is 17.7 Å². The van der Waals surface area contributed by atoms with Crippen LogP contribution in [0.3, 0.4) is 0 Å². The van der Waals surface area contributed by atoms with Gasteiger partial charge in [0.15, 0.2) is 5.82 Å². The Bertz CT molecular complexity index is 795. The van der Waals surface area contributed by atoms with Gasteiger partial charge in [-0.1, -0.05) is 17.3 Å². The summed E-state index contributed by atoms with van der Waals surface area (Å²) in [6.45, 7) is 4.03. The van der Waals surface area contributed by atoms with E-state index in [1.807, 2.05) is 19.2 Å². The molecule has 3 rings (SSSR count). The first-order chi connectivity index (χ1) is 11.1. The molecule has 7 heteroatoms. The Balaban J connectivity index is 1.77. The molecular weight excluding hydrogens is 296 g/mol. The zero-order chi connectivity index (χ0) is 16.2. The molecule has 0 saturated carbocycles. The van der Waals surface area contributed by atoms with Crippen LogP contribution < -0.4 is 0 Å². The molecule has 0 fully saturated rings. The van der Waals surface area contributed by atoms with E-state index in [0.717, 1.165) is 0 Å². The molecule has 0 aliphatic carbocycles. The molecule has 0 aliphatic heterocycles. The minimum Gasteiger partial charge on any atom is -0.457 e. The van der Waals surface area contributed by atoms with Gasteiger partial charge in [0, 0.05) is 12.4 Å². The predicted octanol–water partition coefficient (Wildman–Crippen LogP) is 2.49.